The maximum Gasteiger partial charge on any atom is 3.00 e. The molecule has 4 N–H and O–H groups in total. The molecule has 0 aromatic carbocycles. The van der Waals surface area contributed by atoms with Crippen LogP contribution < -0.4 is 5.90 Å². The normalized spacial score (nSPS) is 6.50. The summed E-state index contributed by atoms with van der Waals surface area (Å²) in [6.07, 6.45) is 0. The van der Waals surface area contributed by atoms with Crippen LogP contribution in [0.2, 0.25) is 0 Å². The van der Waals surface area contributed by atoms with E-state index in [2.05, 4.69) is 10.7 Å². The van der Waals surface area contributed by atoms with E-state index in [0.29, 0.717) is 0 Å². The molecular weight excluding hydrogens is 129 g/mol. The first-order valence-electron chi connectivity index (χ1n) is 0.988. The van der Waals surface area contributed by atoms with Crippen LogP contribution >= 0.6 is 0 Å². The third kappa shape index (κ3) is 8.83. The van der Waals surface area contributed by atoms with E-state index >= 15 is 0 Å². The SMILES string of the molecule is NOB(O)O.[Fe+3]. The molecule has 0 unspecified atom stereocenters. The molecule has 1 radical (unpaired) electrons. The first-order chi connectivity index (χ1) is 2.27. The molecule has 4 nitrogen and oxygen atoms in total. The van der Waals surface area contributed by atoms with Gasteiger partial charge in [-0.2, -0.15) is 0 Å². The van der Waals surface area contributed by atoms with Crippen LogP contribution in [-0.2, 0) is 21.8 Å². The Morgan fingerprint density at radius 3 is 1.67 bits per heavy atom. The topological polar surface area (TPSA) is 75.7 Å². The molecule has 6 heavy (non-hydrogen) atoms. The summed E-state index contributed by atoms with van der Waals surface area (Å²) in [5.74, 6) is 4.17. The monoisotopic (exact) mass is 133 g/mol. The summed E-state index contributed by atoms with van der Waals surface area (Å²) in [5.41, 5.74) is 0. The van der Waals surface area contributed by atoms with Gasteiger partial charge in [-0.3, -0.25) is 0 Å². The van der Waals surface area contributed by atoms with E-state index < -0.39 is 7.32 Å². The van der Waals surface area contributed by atoms with Gasteiger partial charge in [0.05, 0.1) is 0 Å². The summed E-state index contributed by atoms with van der Waals surface area (Å²) in [5, 5.41) is 15.1. The molecule has 0 aromatic rings. The van der Waals surface area contributed by atoms with Crippen molar-refractivity contribution < 1.29 is 31.9 Å². The predicted molar refractivity (Wildman–Crippen MR) is 15.5 cm³/mol. The molecule has 0 aliphatic heterocycles. The Balaban J connectivity index is 0. The van der Waals surface area contributed by atoms with E-state index in [4.69, 9.17) is 10.0 Å². The summed E-state index contributed by atoms with van der Waals surface area (Å²) in [4.78, 5) is 0. The summed E-state index contributed by atoms with van der Waals surface area (Å²) in [6.45, 7) is 0. The average Bonchev–Trinajstić information content (AvgIpc) is 1.38. The van der Waals surface area contributed by atoms with Crippen LogP contribution in [0.3, 0.4) is 0 Å². The summed E-state index contributed by atoms with van der Waals surface area (Å²) < 4.78 is 3.36. The molecule has 35 valence electrons. The van der Waals surface area contributed by atoms with Crippen molar-refractivity contribution in [1.29, 1.82) is 0 Å². The van der Waals surface area contributed by atoms with Gasteiger partial charge in [0.2, 0.25) is 0 Å². The quantitative estimate of drug-likeness (QED) is 0.281. The predicted octanol–water partition coefficient (Wildman–Crippen LogP) is -2.16. The number of rotatable bonds is 1. The van der Waals surface area contributed by atoms with Gasteiger partial charge in [0, 0.05) is 0 Å². The molecule has 0 heterocycles. The van der Waals surface area contributed by atoms with Gasteiger partial charge in [-0.05, 0) is 0 Å². The summed E-state index contributed by atoms with van der Waals surface area (Å²) >= 11 is 0. The molecule has 0 amide bonds. The Morgan fingerprint density at radius 1 is 1.50 bits per heavy atom. The maximum absolute atomic E-state index is 7.57. The fraction of sp³-hybridized carbons (Fsp3) is 0. The third-order valence-corrected chi connectivity index (χ3v) is 0.122. The Bertz CT molecular complexity index is 24.8. The van der Waals surface area contributed by atoms with E-state index in [9.17, 15) is 0 Å². The standard InChI is InChI=1S/BH4NO3.Fe/c2-5-1(3)4;/h3-4H,2H2;/q;+3. The molecule has 0 saturated heterocycles. The molecule has 0 spiro atoms. The van der Waals surface area contributed by atoms with Crippen molar-refractivity contribution in [2.24, 2.45) is 5.90 Å². The minimum absolute atomic E-state index is 0. The van der Waals surface area contributed by atoms with Crippen molar-refractivity contribution in [3.63, 3.8) is 0 Å². The maximum atomic E-state index is 7.57. The van der Waals surface area contributed by atoms with Crippen molar-refractivity contribution in [3.05, 3.63) is 0 Å². The number of nitrogens with two attached hydrogens (primary N) is 1. The van der Waals surface area contributed by atoms with Crippen LogP contribution in [-0.4, -0.2) is 17.4 Å². The van der Waals surface area contributed by atoms with Gasteiger partial charge in [0.15, 0.2) is 0 Å². The van der Waals surface area contributed by atoms with Crippen molar-refractivity contribution in [1.82, 2.24) is 0 Å². The molecular formula is H4BFeNO3+3. The first-order valence-corrected chi connectivity index (χ1v) is 0.988. The average molecular weight is 133 g/mol. The Kier molecular flexibility index (Phi) is 8.73. The Labute approximate surface area is 45.9 Å². The van der Waals surface area contributed by atoms with E-state index in [1.54, 1.807) is 0 Å². The van der Waals surface area contributed by atoms with Gasteiger partial charge < -0.3 is 14.8 Å². The third-order valence-electron chi connectivity index (χ3n) is 0.122. The minimum Gasteiger partial charge on any atom is -0.401 e. The van der Waals surface area contributed by atoms with Gasteiger partial charge in [-0.25, -0.2) is 5.90 Å². The fourth-order valence-corrected chi connectivity index (χ4v) is 0. The molecule has 0 fully saturated rings. The second-order valence-electron chi connectivity index (χ2n) is 0.462. The van der Waals surface area contributed by atoms with Crippen LogP contribution in [0.25, 0.3) is 0 Å². The summed E-state index contributed by atoms with van der Waals surface area (Å²) in [7, 11) is -1.84. The van der Waals surface area contributed by atoms with Crippen molar-refractivity contribution in [2.45, 2.75) is 0 Å². The minimum atomic E-state index is -1.84. The molecule has 0 saturated carbocycles. The zero-order valence-electron chi connectivity index (χ0n) is 2.81. The molecule has 0 rings (SSSR count). The second kappa shape index (κ2) is 5.42. The largest absolute Gasteiger partial charge is 3.00 e. The number of hydrogen-bond donors (Lipinski definition) is 3. The van der Waals surface area contributed by atoms with Gasteiger partial charge in [0.1, 0.15) is 0 Å². The zero-order chi connectivity index (χ0) is 4.28. The fourth-order valence-electron chi connectivity index (χ4n) is 0. The summed E-state index contributed by atoms with van der Waals surface area (Å²) in [6, 6.07) is 0. The van der Waals surface area contributed by atoms with Crippen LogP contribution in [0.1, 0.15) is 0 Å². The van der Waals surface area contributed by atoms with Gasteiger partial charge in [0.25, 0.3) is 0 Å². The van der Waals surface area contributed by atoms with Gasteiger partial charge in [-0.1, -0.05) is 0 Å². The first kappa shape index (κ1) is 9.66. The Morgan fingerprint density at radius 2 is 1.67 bits per heavy atom. The number of hydrogen-bond acceptors (Lipinski definition) is 4. The zero-order valence-corrected chi connectivity index (χ0v) is 3.92. The van der Waals surface area contributed by atoms with Gasteiger partial charge >= 0.3 is 24.4 Å². The van der Waals surface area contributed by atoms with Crippen LogP contribution in [0.4, 0.5) is 0 Å². The van der Waals surface area contributed by atoms with Crippen LogP contribution in [0.15, 0.2) is 0 Å². The molecule has 0 aromatic heterocycles. The molecule has 0 bridgehead atoms. The molecule has 0 aliphatic carbocycles. The Hall–Kier alpha value is 0.424. The molecule has 6 heteroatoms. The van der Waals surface area contributed by atoms with E-state index in [1.807, 2.05) is 0 Å². The second-order valence-corrected chi connectivity index (χ2v) is 0.462. The van der Waals surface area contributed by atoms with Crippen LogP contribution in [0.5, 0.6) is 0 Å². The van der Waals surface area contributed by atoms with Crippen LogP contribution in [0, 0.1) is 0 Å². The van der Waals surface area contributed by atoms with E-state index in [0.717, 1.165) is 0 Å². The molecule has 0 aliphatic rings. The van der Waals surface area contributed by atoms with Crippen molar-refractivity contribution in [3.8, 4) is 0 Å². The molecule has 0 atom stereocenters. The van der Waals surface area contributed by atoms with Crippen molar-refractivity contribution >= 4 is 7.32 Å². The van der Waals surface area contributed by atoms with Gasteiger partial charge in [-0.15, -0.1) is 0 Å². The smallest absolute Gasteiger partial charge is 0.401 e. The van der Waals surface area contributed by atoms with E-state index in [1.165, 1.54) is 0 Å². The van der Waals surface area contributed by atoms with E-state index in [-0.39, 0.29) is 17.1 Å². The van der Waals surface area contributed by atoms with Crippen molar-refractivity contribution in [2.75, 3.05) is 0 Å².